The standard InChI is InChI=1S/C25H25.C8H11.C8H8.2ClH.Zr/c1-14-12-24(3,4)22-8-16-7-17-9-23-19(15(2)13-25(23,5)6)11-21(17)20(16)10-18(14)22;1-6-4-7(2)8(3)5-6;1-7-3-5-8(2)6-4-7;;;/h8-12H,7H2,1-6H3;4,6H,1-3H3;1,3-6H,2H3;2*1H;/q2*-1;;;;+2/p-2. The Morgan fingerprint density at radius 3 is 1.80 bits per heavy atom. The van der Waals surface area contributed by atoms with Crippen molar-refractivity contribution in [2.24, 2.45) is 5.92 Å². The summed E-state index contributed by atoms with van der Waals surface area (Å²) in [4.78, 5) is 0. The quantitative estimate of drug-likeness (QED) is 0.258. The van der Waals surface area contributed by atoms with E-state index >= 15 is 0 Å². The van der Waals surface area contributed by atoms with E-state index in [4.69, 9.17) is 0 Å². The molecule has 0 fully saturated rings. The molecule has 3 aromatic carbocycles. The first-order valence-corrected chi connectivity index (χ1v) is 16.6. The molecule has 0 radical (unpaired) electrons. The average molecular weight is 699 g/mol. The van der Waals surface area contributed by atoms with E-state index < -0.39 is 0 Å². The third kappa shape index (κ3) is 7.17. The van der Waals surface area contributed by atoms with E-state index in [-0.39, 0.29) is 35.6 Å². The van der Waals surface area contributed by atoms with E-state index in [0.29, 0.717) is 5.92 Å². The third-order valence-corrected chi connectivity index (χ3v) is 10.0. The molecule has 3 heteroatoms. The van der Waals surface area contributed by atoms with Crippen LogP contribution in [0.2, 0.25) is 0 Å². The van der Waals surface area contributed by atoms with Crippen LogP contribution in [0.1, 0.15) is 107 Å². The minimum atomic E-state index is 0. The minimum Gasteiger partial charge on any atom is -1.00 e. The summed E-state index contributed by atoms with van der Waals surface area (Å²) >= 11 is 1.47. The van der Waals surface area contributed by atoms with Gasteiger partial charge >= 0.3 is 70.3 Å². The molecule has 4 aliphatic rings. The van der Waals surface area contributed by atoms with Gasteiger partial charge in [-0.25, -0.2) is 16.7 Å². The van der Waals surface area contributed by atoms with Gasteiger partial charge in [0.05, 0.1) is 0 Å². The monoisotopic (exact) mass is 696 g/mol. The SMILES string of the molecule is CC1=[C-]C(C)(C)c2cc3c(cc21)-c1cc2c(cc1C3)C(C)(C)C=C2C.CC1=[C-]C(C)C=C1C.Cc1ccc([CH]=[Zr+2])cc1.[Cl-].[Cl-]. The Bertz CT molecular complexity index is 1610. The van der Waals surface area contributed by atoms with Gasteiger partial charge in [0.1, 0.15) is 0 Å². The number of allylic oxidation sites excluding steroid dienone is 8. The zero-order valence-corrected chi connectivity index (χ0v) is 31.9. The molecule has 0 heterocycles. The molecule has 0 saturated carbocycles. The van der Waals surface area contributed by atoms with Crippen molar-refractivity contribution in [3.63, 3.8) is 0 Å². The zero-order chi connectivity index (χ0) is 30.6. The summed E-state index contributed by atoms with van der Waals surface area (Å²) in [5.41, 5.74) is 19.9. The molecule has 44 heavy (non-hydrogen) atoms. The predicted octanol–water partition coefficient (Wildman–Crippen LogP) is 4.48. The molecule has 1 unspecified atom stereocenters. The van der Waals surface area contributed by atoms with Gasteiger partial charge in [-0.05, 0) is 58.4 Å². The van der Waals surface area contributed by atoms with Crippen molar-refractivity contribution in [1.82, 2.24) is 0 Å². The number of fused-ring (bicyclic) bond motifs is 5. The Morgan fingerprint density at radius 1 is 0.727 bits per heavy atom. The van der Waals surface area contributed by atoms with E-state index in [1.54, 1.807) is 0 Å². The first-order valence-electron chi connectivity index (χ1n) is 15.2. The van der Waals surface area contributed by atoms with Crippen LogP contribution in [0.15, 0.2) is 71.8 Å². The normalized spacial score (nSPS) is 18.6. The maximum Gasteiger partial charge on any atom is -1.00 e. The smallest absolute Gasteiger partial charge is 1.00 e. The third-order valence-electron chi connectivity index (χ3n) is 9.21. The molecule has 4 aliphatic carbocycles. The number of rotatable bonds is 1. The average Bonchev–Trinajstić information content (AvgIpc) is 3.57. The van der Waals surface area contributed by atoms with Crippen molar-refractivity contribution in [3.8, 4) is 11.1 Å². The van der Waals surface area contributed by atoms with Crippen LogP contribution < -0.4 is 24.8 Å². The largest absolute Gasteiger partial charge is 1.00 e. The summed E-state index contributed by atoms with van der Waals surface area (Å²) in [7, 11) is 0. The van der Waals surface area contributed by atoms with Crippen molar-refractivity contribution in [1.29, 1.82) is 0 Å². The van der Waals surface area contributed by atoms with Crippen LogP contribution in [-0.4, -0.2) is 3.71 Å². The first-order chi connectivity index (χ1) is 19.7. The Morgan fingerprint density at radius 2 is 1.30 bits per heavy atom. The number of halogens is 2. The van der Waals surface area contributed by atoms with Gasteiger partial charge < -0.3 is 24.8 Å². The van der Waals surface area contributed by atoms with Gasteiger partial charge in [-0.3, -0.25) is 12.2 Å². The molecular weight excluding hydrogens is 655 g/mol. The van der Waals surface area contributed by atoms with Crippen molar-refractivity contribution >= 4 is 14.9 Å². The summed E-state index contributed by atoms with van der Waals surface area (Å²) in [6.45, 7) is 22.2. The van der Waals surface area contributed by atoms with Crippen molar-refractivity contribution in [2.45, 2.75) is 86.5 Å². The van der Waals surface area contributed by atoms with Gasteiger partial charge in [0.25, 0.3) is 0 Å². The molecule has 1 atom stereocenters. The van der Waals surface area contributed by atoms with Crippen LogP contribution in [-0.2, 0) is 41.5 Å². The van der Waals surface area contributed by atoms with Crippen molar-refractivity contribution < 1.29 is 49.0 Å². The van der Waals surface area contributed by atoms with Crippen LogP contribution in [0.4, 0.5) is 0 Å². The molecule has 0 bridgehead atoms. The van der Waals surface area contributed by atoms with E-state index in [1.807, 2.05) is 0 Å². The Labute approximate surface area is 294 Å². The Hall–Kier alpha value is -2.05. The Balaban J connectivity index is 0.000000231. The first kappa shape index (κ1) is 36.4. The fraction of sp³-hybridized carbons (Fsp3) is 0.341. The van der Waals surface area contributed by atoms with Gasteiger partial charge in [-0.2, -0.15) is 11.6 Å². The topological polar surface area (TPSA) is 0 Å². The zero-order valence-electron chi connectivity index (χ0n) is 27.9. The summed E-state index contributed by atoms with van der Waals surface area (Å²) in [6.07, 6.45) is 12.7. The molecule has 7 rings (SSSR count). The van der Waals surface area contributed by atoms with Crippen LogP contribution in [0, 0.1) is 25.0 Å². The predicted molar refractivity (Wildman–Crippen MR) is 178 cm³/mol. The van der Waals surface area contributed by atoms with Gasteiger partial charge in [0, 0.05) is 5.41 Å². The van der Waals surface area contributed by atoms with Crippen LogP contribution in [0.25, 0.3) is 22.3 Å². The molecule has 0 aliphatic heterocycles. The molecule has 0 aromatic heterocycles. The molecule has 228 valence electrons. The van der Waals surface area contributed by atoms with Crippen LogP contribution in [0.3, 0.4) is 0 Å². The minimum absolute atomic E-state index is 0. The molecule has 0 amide bonds. The van der Waals surface area contributed by atoms with E-state index in [1.165, 1.54) is 102 Å². The fourth-order valence-corrected chi connectivity index (χ4v) is 7.41. The maximum absolute atomic E-state index is 3.65. The summed E-state index contributed by atoms with van der Waals surface area (Å²) < 4.78 is 2.19. The molecule has 0 N–H and O–H groups in total. The van der Waals surface area contributed by atoms with Gasteiger partial charge in [0.15, 0.2) is 0 Å². The van der Waals surface area contributed by atoms with Gasteiger partial charge in [-0.1, -0.05) is 78.0 Å². The van der Waals surface area contributed by atoms with Crippen LogP contribution >= 0.6 is 0 Å². The summed E-state index contributed by atoms with van der Waals surface area (Å²) in [5, 5.41) is 0. The maximum atomic E-state index is 3.65. The fourth-order valence-electron chi connectivity index (χ4n) is 6.93. The number of hydrogen-bond donors (Lipinski definition) is 0. The second kappa shape index (κ2) is 13.7. The molecular formula is C41H44Cl2Zr-2. The van der Waals surface area contributed by atoms with Crippen molar-refractivity contribution in [2.75, 3.05) is 0 Å². The second-order valence-electron chi connectivity index (χ2n) is 13.7. The second-order valence-corrected chi connectivity index (χ2v) is 14.4. The van der Waals surface area contributed by atoms with Crippen molar-refractivity contribution in [3.05, 3.63) is 128 Å². The molecule has 0 spiro atoms. The molecule has 0 saturated heterocycles. The summed E-state index contributed by atoms with van der Waals surface area (Å²) in [5.74, 6) is 0.551. The van der Waals surface area contributed by atoms with E-state index in [9.17, 15) is 0 Å². The summed E-state index contributed by atoms with van der Waals surface area (Å²) in [6, 6.07) is 18.4. The van der Waals surface area contributed by atoms with Crippen LogP contribution in [0.5, 0.6) is 0 Å². The Kier molecular flexibility index (Phi) is 11.4. The number of aryl methyl sites for hydroxylation is 1. The molecule has 0 nitrogen and oxygen atoms in total. The van der Waals surface area contributed by atoms with E-state index in [0.717, 1.165) is 6.42 Å². The number of benzene rings is 3. The van der Waals surface area contributed by atoms with Gasteiger partial charge in [0.2, 0.25) is 0 Å². The molecule has 3 aromatic rings. The van der Waals surface area contributed by atoms with Gasteiger partial charge in [-0.15, -0.1) is 18.6 Å². The number of hydrogen-bond acceptors (Lipinski definition) is 0. The van der Waals surface area contributed by atoms with E-state index in [2.05, 4.69) is 146 Å².